The first-order valence-corrected chi connectivity index (χ1v) is 5.66. The molecule has 0 saturated carbocycles. The molecule has 1 aromatic rings. The molecule has 3 N–H and O–H groups in total. The van der Waals surface area contributed by atoms with Crippen LogP contribution in [0.15, 0.2) is 29.2 Å². The van der Waals surface area contributed by atoms with Gasteiger partial charge in [-0.1, -0.05) is 18.2 Å². The van der Waals surface area contributed by atoms with Gasteiger partial charge in [-0.15, -0.1) is 12.4 Å². The topological polar surface area (TPSA) is 72.2 Å². The van der Waals surface area contributed by atoms with Crippen LogP contribution in [0.4, 0.5) is 0 Å². The highest BCUT2D eigenvalue weighted by Crippen LogP contribution is 2.14. The number of halogens is 1. The molecular weight excluding hydrogens is 224 g/mol. The lowest BCUT2D eigenvalue weighted by molar-refractivity contribution is 0.599. The second kappa shape index (κ2) is 5.31. The van der Waals surface area contributed by atoms with E-state index in [2.05, 4.69) is 5.43 Å². The summed E-state index contributed by atoms with van der Waals surface area (Å²) in [7, 11) is -3.15. The molecule has 1 rings (SSSR count). The SMILES string of the molecule is CS(=O)(=O)c1ccccc1CNN.Cl. The Labute approximate surface area is 89.8 Å². The summed E-state index contributed by atoms with van der Waals surface area (Å²) in [6, 6.07) is 6.77. The molecule has 0 fully saturated rings. The molecule has 0 aliphatic carbocycles. The third-order valence-corrected chi connectivity index (χ3v) is 2.86. The molecule has 0 radical (unpaired) electrons. The first-order valence-electron chi connectivity index (χ1n) is 3.77. The number of hydrogen-bond donors (Lipinski definition) is 2. The van der Waals surface area contributed by atoms with Crippen LogP contribution in [0.1, 0.15) is 5.56 Å². The summed E-state index contributed by atoms with van der Waals surface area (Å²) in [6.07, 6.45) is 1.18. The molecular formula is C8H13ClN2O2S. The van der Waals surface area contributed by atoms with Crippen LogP contribution in [0.2, 0.25) is 0 Å². The second-order valence-corrected chi connectivity index (χ2v) is 4.74. The zero-order valence-corrected chi connectivity index (χ0v) is 9.36. The van der Waals surface area contributed by atoms with E-state index in [-0.39, 0.29) is 12.4 Å². The summed E-state index contributed by atoms with van der Waals surface area (Å²) in [5.74, 6) is 5.13. The lowest BCUT2D eigenvalue weighted by Gasteiger charge is -2.05. The molecule has 0 aliphatic heterocycles. The van der Waals surface area contributed by atoms with Gasteiger partial charge in [0.25, 0.3) is 0 Å². The van der Waals surface area contributed by atoms with E-state index < -0.39 is 9.84 Å². The molecule has 0 amide bonds. The summed E-state index contributed by atoms with van der Waals surface area (Å²) in [4.78, 5) is 0.327. The van der Waals surface area contributed by atoms with Crippen LogP contribution >= 0.6 is 12.4 Å². The van der Waals surface area contributed by atoms with Crippen LogP contribution < -0.4 is 11.3 Å². The van der Waals surface area contributed by atoms with Gasteiger partial charge in [0.15, 0.2) is 9.84 Å². The third kappa shape index (κ3) is 3.26. The van der Waals surface area contributed by atoms with Crippen molar-refractivity contribution in [1.29, 1.82) is 0 Å². The number of hydrogen-bond acceptors (Lipinski definition) is 4. The van der Waals surface area contributed by atoms with Gasteiger partial charge in [0, 0.05) is 12.8 Å². The molecule has 0 aliphatic rings. The van der Waals surface area contributed by atoms with Crippen molar-refractivity contribution in [3.8, 4) is 0 Å². The number of nitrogens with two attached hydrogens (primary N) is 1. The lowest BCUT2D eigenvalue weighted by Crippen LogP contribution is -2.22. The Morgan fingerprint density at radius 1 is 1.36 bits per heavy atom. The van der Waals surface area contributed by atoms with E-state index in [9.17, 15) is 8.42 Å². The zero-order valence-electron chi connectivity index (χ0n) is 7.73. The molecule has 0 saturated heterocycles. The fraction of sp³-hybridized carbons (Fsp3) is 0.250. The summed E-state index contributed by atoms with van der Waals surface area (Å²) < 4.78 is 22.5. The van der Waals surface area contributed by atoms with Crippen LogP contribution in [0.3, 0.4) is 0 Å². The monoisotopic (exact) mass is 236 g/mol. The van der Waals surface area contributed by atoms with Crippen LogP contribution in [-0.2, 0) is 16.4 Å². The molecule has 0 bridgehead atoms. The Balaban J connectivity index is 0.00000169. The normalized spacial score (nSPS) is 10.7. The van der Waals surface area contributed by atoms with Crippen molar-refractivity contribution < 1.29 is 8.42 Å². The van der Waals surface area contributed by atoms with Gasteiger partial charge >= 0.3 is 0 Å². The van der Waals surface area contributed by atoms with Crippen LogP contribution in [0.5, 0.6) is 0 Å². The van der Waals surface area contributed by atoms with E-state index in [0.29, 0.717) is 17.0 Å². The van der Waals surface area contributed by atoms with E-state index in [4.69, 9.17) is 5.84 Å². The van der Waals surface area contributed by atoms with Crippen molar-refractivity contribution in [1.82, 2.24) is 5.43 Å². The van der Waals surface area contributed by atoms with Crippen molar-refractivity contribution in [3.63, 3.8) is 0 Å². The highest BCUT2D eigenvalue weighted by atomic mass is 35.5. The second-order valence-electron chi connectivity index (χ2n) is 2.76. The summed E-state index contributed by atoms with van der Waals surface area (Å²) in [6.45, 7) is 0.350. The zero-order chi connectivity index (χ0) is 9.90. The van der Waals surface area contributed by atoms with Gasteiger partial charge in [0.2, 0.25) is 0 Å². The summed E-state index contributed by atoms with van der Waals surface area (Å²) in [5, 5.41) is 0. The molecule has 6 heteroatoms. The first kappa shape index (κ1) is 13.4. The van der Waals surface area contributed by atoms with E-state index in [0.717, 1.165) is 0 Å². The minimum absolute atomic E-state index is 0. The molecule has 80 valence electrons. The molecule has 1 aromatic carbocycles. The Morgan fingerprint density at radius 2 is 1.93 bits per heavy atom. The van der Waals surface area contributed by atoms with Gasteiger partial charge in [-0.25, -0.2) is 8.42 Å². The predicted octanol–water partition coefficient (Wildman–Crippen LogP) is 0.475. The summed E-state index contributed by atoms with van der Waals surface area (Å²) >= 11 is 0. The van der Waals surface area contributed by atoms with E-state index in [1.807, 2.05) is 0 Å². The number of rotatable bonds is 3. The molecule has 0 spiro atoms. The van der Waals surface area contributed by atoms with Gasteiger partial charge in [-0.2, -0.15) is 0 Å². The van der Waals surface area contributed by atoms with Gasteiger partial charge in [0.05, 0.1) is 4.90 Å². The lowest BCUT2D eigenvalue weighted by atomic mass is 10.2. The molecule has 0 unspecified atom stereocenters. The number of nitrogens with one attached hydrogen (secondary N) is 1. The van der Waals surface area contributed by atoms with Crippen molar-refractivity contribution in [2.75, 3.05) is 6.26 Å². The quantitative estimate of drug-likeness (QED) is 0.591. The highest BCUT2D eigenvalue weighted by Gasteiger charge is 2.10. The molecule has 4 nitrogen and oxygen atoms in total. The fourth-order valence-corrected chi connectivity index (χ4v) is 2.06. The average Bonchev–Trinajstić information content (AvgIpc) is 2.04. The predicted molar refractivity (Wildman–Crippen MR) is 57.8 cm³/mol. The largest absolute Gasteiger partial charge is 0.271 e. The van der Waals surface area contributed by atoms with Gasteiger partial charge in [-0.3, -0.25) is 11.3 Å². The van der Waals surface area contributed by atoms with Crippen molar-refractivity contribution in [2.24, 2.45) is 5.84 Å². The first-order chi connectivity index (χ1) is 6.05. The maximum Gasteiger partial charge on any atom is 0.175 e. The maximum atomic E-state index is 11.3. The minimum atomic E-state index is -3.15. The Kier molecular flexibility index (Phi) is 5.07. The summed E-state index contributed by atoms with van der Waals surface area (Å²) in [5.41, 5.74) is 3.12. The maximum absolute atomic E-state index is 11.3. The van der Waals surface area contributed by atoms with Crippen molar-refractivity contribution in [3.05, 3.63) is 29.8 Å². The standard InChI is InChI=1S/C8H12N2O2S.ClH/c1-13(11,12)8-5-3-2-4-7(8)6-10-9;/h2-5,10H,6,9H2,1H3;1H. The van der Waals surface area contributed by atoms with E-state index >= 15 is 0 Å². The highest BCUT2D eigenvalue weighted by molar-refractivity contribution is 7.90. The number of sulfone groups is 1. The van der Waals surface area contributed by atoms with Crippen molar-refractivity contribution >= 4 is 22.2 Å². The Bertz CT molecular complexity index is 392. The Hall–Kier alpha value is -0.620. The molecule has 14 heavy (non-hydrogen) atoms. The van der Waals surface area contributed by atoms with Crippen LogP contribution in [-0.4, -0.2) is 14.7 Å². The average molecular weight is 237 g/mol. The number of benzene rings is 1. The van der Waals surface area contributed by atoms with Crippen LogP contribution in [0.25, 0.3) is 0 Å². The smallest absolute Gasteiger partial charge is 0.175 e. The molecule has 0 heterocycles. The third-order valence-electron chi connectivity index (χ3n) is 1.66. The minimum Gasteiger partial charge on any atom is -0.271 e. The van der Waals surface area contributed by atoms with Gasteiger partial charge in [-0.05, 0) is 11.6 Å². The van der Waals surface area contributed by atoms with Crippen LogP contribution in [0, 0.1) is 0 Å². The van der Waals surface area contributed by atoms with Crippen molar-refractivity contribution in [2.45, 2.75) is 11.4 Å². The molecule has 0 atom stereocenters. The molecule has 0 aromatic heterocycles. The Morgan fingerprint density at radius 3 is 2.43 bits per heavy atom. The number of hydrazine groups is 1. The van der Waals surface area contributed by atoms with Gasteiger partial charge < -0.3 is 0 Å². The van der Waals surface area contributed by atoms with E-state index in [1.165, 1.54) is 6.26 Å². The fourth-order valence-electron chi connectivity index (χ4n) is 1.12. The van der Waals surface area contributed by atoms with Gasteiger partial charge in [0.1, 0.15) is 0 Å². The van der Waals surface area contributed by atoms with E-state index in [1.54, 1.807) is 24.3 Å².